The zero-order valence-electron chi connectivity index (χ0n) is 18.6. The summed E-state index contributed by atoms with van der Waals surface area (Å²) in [4.78, 5) is 14.2. The number of hydrogen-bond acceptors (Lipinski definition) is 5. The molecule has 1 saturated heterocycles. The van der Waals surface area contributed by atoms with Crippen LogP contribution in [0.1, 0.15) is 18.0 Å². The Balaban J connectivity index is 1.53. The van der Waals surface area contributed by atoms with Crippen LogP contribution in [0.5, 0.6) is 5.75 Å². The van der Waals surface area contributed by atoms with E-state index in [9.17, 15) is 13.2 Å². The summed E-state index contributed by atoms with van der Waals surface area (Å²) in [7, 11) is -2.08. The Kier molecular flexibility index (Phi) is 5.84. The van der Waals surface area contributed by atoms with Gasteiger partial charge in [0.15, 0.2) is 0 Å². The molecule has 0 spiro atoms. The summed E-state index contributed by atoms with van der Waals surface area (Å²) in [6, 6.07) is 18.4. The maximum absolute atomic E-state index is 13.4. The maximum atomic E-state index is 13.4. The van der Waals surface area contributed by atoms with Gasteiger partial charge in [0.2, 0.25) is 10.0 Å². The number of piperidine rings is 1. The first-order valence-electron chi connectivity index (χ1n) is 10.9. The third kappa shape index (κ3) is 4.00. The molecular formula is C25H26N2O4S2. The molecule has 0 unspecified atom stereocenters. The largest absolute Gasteiger partial charge is 0.497 e. The number of methoxy groups -OCH3 is 1. The molecule has 3 heterocycles. The van der Waals surface area contributed by atoms with Gasteiger partial charge in [0.1, 0.15) is 5.75 Å². The highest BCUT2D eigenvalue weighted by molar-refractivity contribution is 7.98. The number of hydrogen-bond donors (Lipinski definition) is 0. The number of fused-ring (bicyclic) bond motifs is 4. The molecule has 0 aliphatic carbocycles. The van der Waals surface area contributed by atoms with Crippen molar-refractivity contribution in [3.63, 3.8) is 0 Å². The summed E-state index contributed by atoms with van der Waals surface area (Å²) >= 11 is 1.69. The van der Waals surface area contributed by atoms with Crippen molar-refractivity contribution in [3.8, 4) is 16.9 Å². The number of ether oxygens (including phenoxy) is 1. The number of pyridine rings is 1. The van der Waals surface area contributed by atoms with E-state index in [1.54, 1.807) is 53.5 Å². The summed E-state index contributed by atoms with van der Waals surface area (Å²) in [5.74, 6) is 0.695. The molecule has 2 aliphatic rings. The van der Waals surface area contributed by atoms with Gasteiger partial charge in [-0.2, -0.15) is 4.31 Å². The number of rotatable bonds is 5. The highest BCUT2D eigenvalue weighted by Gasteiger charge is 2.40. The zero-order chi connectivity index (χ0) is 23.2. The lowest BCUT2D eigenvalue weighted by molar-refractivity contribution is 0.187. The molecule has 2 aliphatic heterocycles. The third-order valence-corrected chi connectivity index (χ3v) is 9.24. The maximum Gasteiger partial charge on any atom is 0.250 e. The number of benzene rings is 2. The minimum absolute atomic E-state index is 0.0179. The molecule has 6 nitrogen and oxygen atoms in total. The molecule has 2 bridgehead atoms. The summed E-state index contributed by atoms with van der Waals surface area (Å²) in [5.41, 5.74) is 2.99. The van der Waals surface area contributed by atoms with Gasteiger partial charge in [0, 0.05) is 47.8 Å². The van der Waals surface area contributed by atoms with Crippen molar-refractivity contribution in [2.75, 3.05) is 26.5 Å². The molecule has 0 amide bonds. The van der Waals surface area contributed by atoms with Crippen molar-refractivity contribution in [2.24, 2.45) is 5.92 Å². The Labute approximate surface area is 198 Å². The van der Waals surface area contributed by atoms with Crippen molar-refractivity contribution in [3.05, 3.63) is 76.7 Å². The second kappa shape index (κ2) is 8.66. The molecular weight excluding hydrogens is 456 g/mol. The lowest BCUT2D eigenvalue weighted by Crippen LogP contribution is -2.49. The Hall–Kier alpha value is -2.55. The van der Waals surface area contributed by atoms with Crippen LogP contribution in [0.4, 0.5) is 0 Å². The quantitative estimate of drug-likeness (QED) is 0.513. The van der Waals surface area contributed by atoms with Crippen LogP contribution in [-0.2, 0) is 16.6 Å². The molecule has 8 heteroatoms. The zero-order valence-corrected chi connectivity index (χ0v) is 20.2. The predicted molar refractivity (Wildman–Crippen MR) is 131 cm³/mol. The summed E-state index contributed by atoms with van der Waals surface area (Å²) in [6.45, 7) is 1.32. The predicted octanol–water partition coefficient (Wildman–Crippen LogP) is 4.05. The van der Waals surface area contributed by atoms with Gasteiger partial charge in [-0.1, -0.05) is 12.1 Å². The van der Waals surface area contributed by atoms with Crippen LogP contribution >= 0.6 is 11.8 Å². The van der Waals surface area contributed by atoms with Crippen molar-refractivity contribution in [1.29, 1.82) is 0 Å². The smallest absolute Gasteiger partial charge is 0.250 e. The van der Waals surface area contributed by atoms with E-state index in [-0.39, 0.29) is 22.3 Å². The van der Waals surface area contributed by atoms with Gasteiger partial charge < -0.3 is 9.30 Å². The van der Waals surface area contributed by atoms with Crippen molar-refractivity contribution >= 4 is 21.8 Å². The highest BCUT2D eigenvalue weighted by Crippen LogP contribution is 2.41. The van der Waals surface area contributed by atoms with E-state index in [1.165, 1.54) is 4.90 Å². The van der Waals surface area contributed by atoms with Crippen LogP contribution in [0, 0.1) is 5.92 Å². The van der Waals surface area contributed by atoms with E-state index in [1.807, 2.05) is 16.9 Å². The van der Waals surface area contributed by atoms with Crippen molar-refractivity contribution in [2.45, 2.75) is 28.7 Å². The number of sulfonamides is 1. The van der Waals surface area contributed by atoms with E-state index in [4.69, 9.17) is 4.74 Å². The summed E-state index contributed by atoms with van der Waals surface area (Å²) in [5, 5.41) is 0. The lowest BCUT2D eigenvalue weighted by atomic mass is 9.81. The first-order chi connectivity index (χ1) is 15.9. The topological polar surface area (TPSA) is 68.6 Å². The van der Waals surface area contributed by atoms with Crippen molar-refractivity contribution < 1.29 is 13.2 Å². The number of aromatic nitrogens is 1. The molecule has 0 saturated carbocycles. The van der Waals surface area contributed by atoms with E-state index < -0.39 is 10.0 Å². The van der Waals surface area contributed by atoms with Crippen LogP contribution in [0.3, 0.4) is 0 Å². The molecule has 5 rings (SSSR count). The summed E-state index contributed by atoms with van der Waals surface area (Å²) < 4.78 is 35.5. The Morgan fingerprint density at radius 2 is 1.67 bits per heavy atom. The van der Waals surface area contributed by atoms with Gasteiger partial charge >= 0.3 is 0 Å². The SMILES string of the molecule is COc1ccc(S(=O)(=O)N2C[C@H]3C[C@H](C2)c2c(-c4ccc(SC)cc4)ccc(=O)n2C3)cc1. The average molecular weight is 483 g/mol. The van der Waals surface area contributed by atoms with Gasteiger partial charge in [-0.15, -0.1) is 11.8 Å². The second-order valence-electron chi connectivity index (χ2n) is 8.61. The highest BCUT2D eigenvalue weighted by atomic mass is 32.2. The molecule has 0 radical (unpaired) electrons. The van der Waals surface area contributed by atoms with E-state index in [2.05, 4.69) is 24.3 Å². The fourth-order valence-corrected chi connectivity index (χ4v) is 7.05. The Bertz CT molecular complexity index is 1330. The fraction of sp³-hybridized carbons (Fsp3) is 0.320. The van der Waals surface area contributed by atoms with Crippen LogP contribution < -0.4 is 10.3 Å². The van der Waals surface area contributed by atoms with Crippen molar-refractivity contribution in [1.82, 2.24) is 8.87 Å². The van der Waals surface area contributed by atoms with E-state index >= 15 is 0 Å². The number of nitrogens with zero attached hydrogens (tertiary/aromatic N) is 2. The molecule has 172 valence electrons. The van der Waals surface area contributed by atoms with Crippen LogP contribution in [0.25, 0.3) is 11.1 Å². The van der Waals surface area contributed by atoms with Gasteiger partial charge in [-0.05, 0) is 66.6 Å². The Morgan fingerprint density at radius 1 is 0.939 bits per heavy atom. The molecule has 2 atom stereocenters. The molecule has 1 aromatic heterocycles. The van der Waals surface area contributed by atoms with Gasteiger partial charge in [-0.3, -0.25) is 4.79 Å². The standard InChI is InChI=1S/C25H26N2O4S2/c1-31-20-5-9-22(10-6-20)33(29,30)26-14-17-13-19(16-26)25-23(11-12-24(28)27(25)15-17)18-3-7-21(32-2)8-4-18/h3-12,17,19H,13-16H2,1-2H3/t17-,19-/m1/s1. The summed E-state index contributed by atoms with van der Waals surface area (Å²) in [6.07, 6.45) is 2.92. The van der Waals surface area contributed by atoms with Crippen LogP contribution in [0.2, 0.25) is 0 Å². The van der Waals surface area contributed by atoms with Gasteiger partial charge in [0.05, 0.1) is 12.0 Å². The van der Waals surface area contributed by atoms with E-state index in [0.29, 0.717) is 25.4 Å². The minimum atomic E-state index is -3.64. The second-order valence-corrected chi connectivity index (χ2v) is 11.4. The van der Waals surface area contributed by atoms with Crippen LogP contribution in [-0.4, -0.2) is 43.7 Å². The average Bonchev–Trinajstić information content (AvgIpc) is 2.84. The monoisotopic (exact) mass is 482 g/mol. The molecule has 3 aromatic rings. The van der Waals surface area contributed by atoms with Gasteiger partial charge in [0.25, 0.3) is 5.56 Å². The fourth-order valence-electron chi connectivity index (χ4n) is 5.08. The minimum Gasteiger partial charge on any atom is -0.497 e. The van der Waals surface area contributed by atoms with E-state index in [0.717, 1.165) is 23.2 Å². The lowest BCUT2D eigenvalue weighted by Gasteiger charge is -2.42. The Morgan fingerprint density at radius 3 is 2.33 bits per heavy atom. The molecule has 0 N–H and O–H groups in total. The number of thioether (sulfide) groups is 1. The molecule has 2 aromatic carbocycles. The third-order valence-electron chi connectivity index (χ3n) is 6.65. The normalized spacial score (nSPS) is 20.3. The first kappa shape index (κ1) is 22.3. The first-order valence-corrected chi connectivity index (χ1v) is 13.6. The molecule has 1 fully saturated rings. The van der Waals surface area contributed by atoms with Crippen LogP contribution in [0.15, 0.2) is 75.2 Å². The molecule has 33 heavy (non-hydrogen) atoms. The van der Waals surface area contributed by atoms with Gasteiger partial charge in [-0.25, -0.2) is 8.42 Å².